The Morgan fingerprint density at radius 1 is 1.08 bits per heavy atom. The summed E-state index contributed by atoms with van der Waals surface area (Å²) in [5, 5.41) is 3.58. The summed E-state index contributed by atoms with van der Waals surface area (Å²) in [6.07, 6.45) is 1.50. The summed E-state index contributed by atoms with van der Waals surface area (Å²) in [5.74, 6) is -4.27. The molecule has 13 heteroatoms. The zero-order valence-electron chi connectivity index (χ0n) is 26.9. The summed E-state index contributed by atoms with van der Waals surface area (Å²) in [6, 6.07) is 6.21. The zero-order valence-corrected chi connectivity index (χ0v) is 26.9. The number of piperidine rings is 1. The third kappa shape index (κ3) is 5.34. The molecule has 4 aliphatic rings. The quantitative estimate of drug-likeness (QED) is 0.259. The van der Waals surface area contributed by atoms with Gasteiger partial charge in [-0.1, -0.05) is 0 Å². The topological polar surface area (TPSA) is 111 Å². The Labute approximate surface area is 274 Å². The van der Waals surface area contributed by atoms with Crippen molar-refractivity contribution >= 4 is 33.9 Å². The molecule has 48 heavy (non-hydrogen) atoms. The lowest BCUT2D eigenvalue weighted by atomic mass is 9.97. The van der Waals surface area contributed by atoms with Crippen LogP contribution in [0.5, 0.6) is 0 Å². The number of fused-ring (bicyclic) bond motifs is 3. The molecule has 2 saturated carbocycles. The van der Waals surface area contributed by atoms with Gasteiger partial charge in [-0.05, 0) is 82.2 Å². The van der Waals surface area contributed by atoms with Crippen molar-refractivity contribution in [3.8, 4) is 11.5 Å². The lowest BCUT2D eigenvalue weighted by molar-refractivity contribution is -0.123. The highest BCUT2D eigenvalue weighted by molar-refractivity contribution is 5.98. The maximum Gasteiger partial charge on any atom is 0.265 e. The number of likely N-dealkylation sites (tertiary alicyclic amines) is 1. The minimum atomic E-state index is -3.13. The molecule has 0 radical (unpaired) electrons. The van der Waals surface area contributed by atoms with Gasteiger partial charge < -0.3 is 25.1 Å². The Morgan fingerprint density at radius 2 is 1.88 bits per heavy atom. The molecule has 3 N–H and O–H groups in total. The fraction of sp³-hybridized carbons (Fsp3) is 0.543. The van der Waals surface area contributed by atoms with Crippen LogP contribution < -0.4 is 11.1 Å². The van der Waals surface area contributed by atoms with Gasteiger partial charge in [0.1, 0.15) is 23.2 Å². The lowest BCUT2D eigenvalue weighted by Crippen LogP contribution is -2.52. The molecule has 2 amide bonds. The number of hydrogen-bond donors (Lipinski definition) is 2. The van der Waals surface area contributed by atoms with Gasteiger partial charge in [-0.3, -0.25) is 9.59 Å². The van der Waals surface area contributed by atoms with Crippen LogP contribution in [0.1, 0.15) is 86.9 Å². The maximum absolute atomic E-state index is 16.1. The SMILES string of the molecule is C[C@@H]1[C@H](N)CCCN1C(=O)c1cc(F)c2c(c1)nc(-c1cc3ccc4nc3n1CC(F)(F)CCC[C@@H]1C[C@H]1C(=O)N[C@@H]4C)n2[C@@H]1C[C@@H]1F. The highest BCUT2D eigenvalue weighted by Crippen LogP contribution is 2.47. The number of aromatic nitrogens is 4. The molecule has 0 spiro atoms. The Kier molecular flexibility index (Phi) is 7.35. The van der Waals surface area contributed by atoms with Gasteiger partial charge in [0.2, 0.25) is 5.91 Å². The van der Waals surface area contributed by atoms with Crippen LogP contribution in [0.2, 0.25) is 0 Å². The first-order valence-electron chi connectivity index (χ1n) is 17.0. The molecule has 9 nitrogen and oxygen atoms in total. The second kappa shape index (κ2) is 11.3. The number of nitrogens with two attached hydrogens (primary N) is 1. The number of alkyl halides is 3. The number of pyridine rings is 1. The van der Waals surface area contributed by atoms with Gasteiger partial charge in [0.15, 0.2) is 5.82 Å². The van der Waals surface area contributed by atoms with E-state index in [1.165, 1.54) is 15.2 Å². The highest BCUT2D eigenvalue weighted by Gasteiger charge is 2.45. The summed E-state index contributed by atoms with van der Waals surface area (Å²) in [5.41, 5.74) is 7.50. The van der Waals surface area contributed by atoms with Crippen LogP contribution in [0.15, 0.2) is 30.3 Å². The summed E-state index contributed by atoms with van der Waals surface area (Å²) < 4.78 is 65.3. The number of carbonyl (C=O) groups is 2. The Hall–Kier alpha value is -4.00. The zero-order chi connectivity index (χ0) is 33.6. The molecule has 1 aromatic carbocycles. The molecule has 2 bridgehead atoms. The van der Waals surface area contributed by atoms with E-state index in [2.05, 4.69) is 5.32 Å². The van der Waals surface area contributed by atoms with Crippen molar-refractivity contribution in [3.05, 3.63) is 47.4 Å². The standard InChI is InChI=1S/C35H39F4N7O2/c1-17-26-8-7-20-14-29(45(31(20)42-26)16-35(38,39)9-3-5-19-11-22(19)33(47)41-17)32-43-27-13-21(34(48)44-10-4-6-25(40)18(44)2)12-24(37)30(27)46(32)28-15-23(28)36/h7-8,12-14,17-19,22-23,25,28H,3-6,9-11,15-16,40H2,1-2H3,(H,41,47)/t17-,18-,19-,22-,23+,25-,28-/m1/s1. The minimum absolute atomic E-state index is 0.0183. The molecule has 4 aromatic rings. The summed E-state index contributed by atoms with van der Waals surface area (Å²) in [6.45, 7) is 3.47. The normalized spacial score (nSPS) is 30.3. The van der Waals surface area contributed by atoms with Gasteiger partial charge in [0, 0.05) is 48.3 Å². The molecule has 254 valence electrons. The van der Waals surface area contributed by atoms with Crippen molar-refractivity contribution in [2.75, 3.05) is 6.54 Å². The molecule has 7 atom stereocenters. The van der Waals surface area contributed by atoms with Crippen molar-refractivity contribution in [2.24, 2.45) is 17.6 Å². The van der Waals surface area contributed by atoms with E-state index < -0.39 is 36.5 Å². The van der Waals surface area contributed by atoms with E-state index in [0.717, 1.165) is 18.9 Å². The van der Waals surface area contributed by atoms with Crippen LogP contribution in [-0.2, 0) is 11.3 Å². The van der Waals surface area contributed by atoms with Crippen LogP contribution in [-0.4, -0.2) is 66.5 Å². The van der Waals surface area contributed by atoms with Crippen molar-refractivity contribution in [3.63, 3.8) is 0 Å². The van der Waals surface area contributed by atoms with Gasteiger partial charge in [0.25, 0.3) is 11.8 Å². The maximum atomic E-state index is 16.1. The van der Waals surface area contributed by atoms with E-state index in [1.807, 2.05) is 13.8 Å². The number of rotatable bonds is 3. The minimum Gasteiger partial charge on any atom is -0.348 e. The number of nitrogens with one attached hydrogen (secondary N) is 1. The molecular formula is C35H39F4N7O2. The van der Waals surface area contributed by atoms with Crippen molar-refractivity contribution in [1.82, 2.24) is 29.3 Å². The van der Waals surface area contributed by atoms with Gasteiger partial charge in [-0.2, -0.15) is 0 Å². The van der Waals surface area contributed by atoms with Crippen molar-refractivity contribution in [1.29, 1.82) is 0 Å². The largest absolute Gasteiger partial charge is 0.348 e. The monoisotopic (exact) mass is 665 g/mol. The average Bonchev–Trinajstić information content (AvgIpc) is 3.91. The molecule has 2 aliphatic heterocycles. The molecule has 3 aromatic heterocycles. The summed E-state index contributed by atoms with van der Waals surface area (Å²) >= 11 is 0. The number of hydrogen-bond acceptors (Lipinski definition) is 5. The first-order valence-corrected chi connectivity index (χ1v) is 17.0. The fourth-order valence-corrected chi connectivity index (χ4v) is 7.80. The summed E-state index contributed by atoms with van der Waals surface area (Å²) in [4.78, 5) is 37.6. The van der Waals surface area contributed by atoms with Crippen LogP contribution in [0.4, 0.5) is 17.6 Å². The molecule has 8 rings (SSSR count). The summed E-state index contributed by atoms with van der Waals surface area (Å²) in [7, 11) is 0. The Balaban J connectivity index is 1.27. The fourth-order valence-electron chi connectivity index (χ4n) is 7.80. The van der Waals surface area contributed by atoms with Crippen molar-refractivity contribution < 1.29 is 27.2 Å². The molecule has 2 aliphatic carbocycles. The predicted molar refractivity (Wildman–Crippen MR) is 172 cm³/mol. The molecule has 5 heterocycles. The molecular weight excluding hydrogens is 626 g/mol. The second-order valence-electron chi connectivity index (χ2n) is 14.3. The van der Waals surface area contributed by atoms with Crippen LogP contribution in [0.25, 0.3) is 33.6 Å². The smallest absolute Gasteiger partial charge is 0.265 e. The molecule has 1 saturated heterocycles. The van der Waals surface area contributed by atoms with Crippen LogP contribution in [0, 0.1) is 17.7 Å². The molecule has 0 unspecified atom stereocenters. The van der Waals surface area contributed by atoms with Crippen LogP contribution in [0.3, 0.4) is 0 Å². The predicted octanol–water partition coefficient (Wildman–Crippen LogP) is 6.06. The third-order valence-electron chi connectivity index (χ3n) is 10.9. The van der Waals surface area contributed by atoms with Crippen LogP contribution >= 0.6 is 0 Å². The first kappa shape index (κ1) is 31.3. The van der Waals surface area contributed by atoms with E-state index in [9.17, 15) is 14.0 Å². The van der Waals surface area contributed by atoms with Gasteiger partial charge >= 0.3 is 0 Å². The Bertz CT molecular complexity index is 1960. The first-order chi connectivity index (χ1) is 22.9. The Morgan fingerprint density at radius 3 is 2.65 bits per heavy atom. The van der Waals surface area contributed by atoms with Crippen molar-refractivity contribution in [2.45, 2.75) is 102 Å². The van der Waals surface area contributed by atoms with Gasteiger partial charge in [0.05, 0.1) is 35.5 Å². The number of imidazole rings is 1. The van der Waals surface area contributed by atoms with Gasteiger partial charge in [-0.25, -0.2) is 27.5 Å². The average molecular weight is 666 g/mol. The number of halogens is 4. The number of benzene rings is 1. The van der Waals surface area contributed by atoms with Gasteiger partial charge in [-0.15, -0.1) is 0 Å². The van der Waals surface area contributed by atoms with E-state index in [0.29, 0.717) is 30.5 Å². The third-order valence-corrected chi connectivity index (χ3v) is 10.9. The van der Waals surface area contributed by atoms with E-state index in [4.69, 9.17) is 15.7 Å². The molecule has 3 fully saturated rings. The van der Waals surface area contributed by atoms with E-state index in [1.54, 1.807) is 23.1 Å². The number of nitrogens with zero attached hydrogens (tertiary/aromatic N) is 5. The number of amides is 2. The lowest BCUT2D eigenvalue weighted by Gasteiger charge is -2.37. The second-order valence-corrected chi connectivity index (χ2v) is 14.3. The van der Waals surface area contributed by atoms with E-state index >= 15 is 13.2 Å². The van der Waals surface area contributed by atoms with E-state index in [-0.39, 0.29) is 88.8 Å². The number of carbonyl (C=O) groups excluding carboxylic acids is 2. The highest BCUT2D eigenvalue weighted by atomic mass is 19.3.